The second kappa shape index (κ2) is 6.84. The Hall–Kier alpha value is -2.67. The van der Waals surface area contributed by atoms with E-state index in [0.29, 0.717) is 11.7 Å². The standard InChI is InChI=1S/C17H21N5O2/c1-11(23)18-10-16-20-17(24-21-16)12-4-5-15-14(8-12)13(9-19-15)6-7-22(2)3/h4-5,8-9,19H,6-7,10H2,1-3H3,(H,18,23). The minimum absolute atomic E-state index is 0.124. The Kier molecular flexibility index (Phi) is 4.61. The molecule has 2 N–H and O–H groups in total. The lowest BCUT2D eigenvalue weighted by atomic mass is 10.1. The van der Waals surface area contributed by atoms with Gasteiger partial charge in [-0.2, -0.15) is 4.98 Å². The van der Waals surface area contributed by atoms with Gasteiger partial charge in [0.1, 0.15) is 0 Å². The first-order valence-corrected chi connectivity index (χ1v) is 7.85. The van der Waals surface area contributed by atoms with E-state index in [0.717, 1.165) is 29.4 Å². The Bertz CT molecular complexity index is 850. The highest BCUT2D eigenvalue weighted by molar-refractivity contribution is 5.87. The van der Waals surface area contributed by atoms with Crippen LogP contribution in [0.15, 0.2) is 28.9 Å². The van der Waals surface area contributed by atoms with Crippen molar-refractivity contribution in [1.82, 2.24) is 25.3 Å². The summed E-state index contributed by atoms with van der Waals surface area (Å²) < 4.78 is 5.32. The van der Waals surface area contributed by atoms with E-state index >= 15 is 0 Å². The number of rotatable bonds is 6. The van der Waals surface area contributed by atoms with E-state index in [4.69, 9.17) is 4.52 Å². The molecule has 0 atom stereocenters. The highest BCUT2D eigenvalue weighted by atomic mass is 16.5. The highest BCUT2D eigenvalue weighted by Gasteiger charge is 2.12. The summed E-state index contributed by atoms with van der Waals surface area (Å²) in [7, 11) is 4.13. The number of H-pyrrole nitrogens is 1. The molecular weight excluding hydrogens is 306 g/mol. The average molecular weight is 327 g/mol. The van der Waals surface area contributed by atoms with Crippen LogP contribution in [0.2, 0.25) is 0 Å². The van der Waals surface area contributed by atoms with Gasteiger partial charge in [0.15, 0.2) is 5.82 Å². The molecule has 0 aliphatic rings. The van der Waals surface area contributed by atoms with Gasteiger partial charge in [-0.15, -0.1) is 0 Å². The summed E-state index contributed by atoms with van der Waals surface area (Å²) in [4.78, 5) is 20.7. The summed E-state index contributed by atoms with van der Waals surface area (Å²) in [5.74, 6) is 0.792. The van der Waals surface area contributed by atoms with E-state index in [1.807, 2.05) is 18.3 Å². The quantitative estimate of drug-likeness (QED) is 0.723. The van der Waals surface area contributed by atoms with Crippen LogP contribution in [0.4, 0.5) is 0 Å². The fraction of sp³-hybridized carbons (Fsp3) is 0.353. The van der Waals surface area contributed by atoms with E-state index in [9.17, 15) is 4.79 Å². The molecule has 0 aliphatic heterocycles. The zero-order chi connectivity index (χ0) is 17.1. The molecule has 126 valence electrons. The lowest BCUT2D eigenvalue weighted by Gasteiger charge is -2.08. The maximum absolute atomic E-state index is 11.0. The van der Waals surface area contributed by atoms with E-state index < -0.39 is 0 Å². The molecule has 0 unspecified atom stereocenters. The van der Waals surface area contributed by atoms with Crippen LogP contribution in [-0.4, -0.2) is 46.6 Å². The van der Waals surface area contributed by atoms with Crippen molar-refractivity contribution in [2.45, 2.75) is 19.9 Å². The van der Waals surface area contributed by atoms with Crippen molar-refractivity contribution in [3.8, 4) is 11.5 Å². The lowest BCUT2D eigenvalue weighted by Crippen LogP contribution is -2.19. The number of amides is 1. The predicted octanol–water partition coefficient (Wildman–Crippen LogP) is 1.96. The Morgan fingerprint density at radius 1 is 1.38 bits per heavy atom. The van der Waals surface area contributed by atoms with Gasteiger partial charge in [-0.3, -0.25) is 4.79 Å². The van der Waals surface area contributed by atoms with Gasteiger partial charge in [-0.05, 0) is 44.3 Å². The number of hydrogen-bond donors (Lipinski definition) is 2. The molecular formula is C17H21N5O2. The van der Waals surface area contributed by atoms with Gasteiger partial charge >= 0.3 is 0 Å². The third kappa shape index (κ3) is 3.62. The maximum atomic E-state index is 11.0. The van der Waals surface area contributed by atoms with Crippen molar-refractivity contribution in [2.24, 2.45) is 0 Å². The summed E-state index contributed by atoms with van der Waals surface area (Å²) in [5, 5.41) is 7.72. The summed E-state index contributed by atoms with van der Waals surface area (Å²) in [5.41, 5.74) is 3.22. The van der Waals surface area contributed by atoms with Crippen LogP contribution in [0.1, 0.15) is 18.3 Å². The van der Waals surface area contributed by atoms with Gasteiger partial charge in [0.25, 0.3) is 5.89 Å². The van der Waals surface area contributed by atoms with Crippen molar-refractivity contribution < 1.29 is 9.32 Å². The number of carbonyl (C=O) groups excluding carboxylic acids is 1. The lowest BCUT2D eigenvalue weighted by molar-refractivity contribution is -0.119. The topological polar surface area (TPSA) is 87.0 Å². The molecule has 7 nitrogen and oxygen atoms in total. The van der Waals surface area contributed by atoms with Gasteiger partial charge in [-0.1, -0.05) is 5.16 Å². The number of likely N-dealkylation sites (N-methyl/N-ethyl adjacent to an activating group) is 1. The second-order valence-electron chi connectivity index (χ2n) is 6.05. The fourth-order valence-electron chi connectivity index (χ4n) is 2.51. The first-order valence-electron chi connectivity index (χ1n) is 7.85. The van der Waals surface area contributed by atoms with Crippen LogP contribution in [0.25, 0.3) is 22.4 Å². The van der Waals surface area contributed by atoms with Crippen LogP contribution >= 0.6 is 0 Å². The summed E-state index contributed by atoms with van der Waals surface area (Å²) >= 11 is 0. The van der Waals surface area contributed by atoms with Crippen molar-refractivity contribution in [2.75, 3.05) is 20.6 Å². The maximum Gasteiger partial charge on any atom is 0.258 e. The first-order chi connectivity index (χ1) is 11.5. The van der Waals surface area contributed by atoms with Crippen molar-refractivity contribution in [3.63, 3.8) is 0 Å². The van der Waals surface area contributed by atoms with Crippen molar-refractivity contribution >= 4 is 16.8 Å². The molecule has 0 saturated heterocycles. The number of nitrogens with zero attached hydrogens (tertiary/aromatic N) is 3. The molecule has 3 aromatic rings. The van der Waals surface area contributed by atoms with E-state index in [1.54, 1.807) is 0 Å². The number of aromatic amines is 1. The third-order valence-corrected chi connectivity index (χ3v) is 3.81. The van der Waals surface area contributed by atoms with Crippen LogP contribution in [0.3, 0.4) is 0 Å². The number of hydrogen-bond acceptors (Lipinski definition) is 5. The van der Waals surface area contributed by atoms with E-state index in [2.05, 4.69) is 45.5 Å². The average Bonchev–Trinajstić information content (AvgIpc) is 3.17. The number of carbonyl (C=O) groups is 1. The van der Waals surface area contributed by atoms with Gasteiger partial charge in [0, 0.05) is 36.1 Å². The van der Waals surface area contributed by atoms with Gasteiger partial charge in [-0.25, -0.2) is 0 Å². The summed E-state index contributed by atoms with van der Waals surface area (Å²) in [6, 6.07) is 6.03. The smallest absolute Gasteiger partial charge is 0.258 e. The van der Waals surface area contributed by atoms with Gasteiger partial charge in [0.05, 0.1) is 6.54 Å². The summed E-state index contributed by atoms with van der Waals surface area (Å²) in [6.07, 6.45) is 3.02. The predicted molar refractivity (Wildman–Crippen MR) is 91.4 cm³/mol. The van der Waals surface area contributed by atoms with E-state index in [1.165, 1.54) is 12.5 Å². The molecule has 24 heavy (non-hydrogen) atoms. The van der Waals surface area contributed by atoms with E-state index in [-0.39, 0.29) is 12.5 Å². The molecule has 2 aromatic heterocycles. The SMILES string of the molecule is CC(=O)NCc1noc(-c2ccc3[nH]cc(CCN(C)C)c3c2)n1. The number of aromatic nitrogens is 3. The second-order valence-corrected chi connectivity index (χ2v) is 6.05. The molecule has 1 amide bonds. The normalized spacial score (nSPS) is 11.3. The molecule has 0 aliphatic carbocycles. The van der Waals surface area contributed by atoms with Crippen LogP contribution in [0.5, 0.6) is 0 Å². The Balaban J connectivity index is 1.84. The third-order valence-electron chi connectivity index (χ3n) is 3.81. The van der Waals surface area contributed by atoms with Crippen LogP contribution in [0, 0.1) is 0 Å². The molecule has 0 fully saturated rings. The van der Waals surface area contributed by atoms with Gasteiger partial charge in [0.2, 0.25) is 5.91 Å². The molecule has 0 bridgehead atoms. The molecule has 7 heteroatoms. The molecule has 0 saturated carbocycles. The molecule has 0 radical (unpaired) electrons. The Labute approximate surface area is 140 Å². The Morgan fingerprint density at radius 3 is 2.96 bits per heavy atom. The molecule has 0 spiro atoms. The number of fused-ring (bicyclic) bond motifs is 1. The van der Waals surface area contributed by atoms with Gasteiger partial charge < -0.3 is 19.7 Å². The minimum Gasteiger partial charge on any atom is -0.361 e. The zero-order valence-corrected chi connectivity index (χ0v) is 14.1. The van der Waals surface area contributed by atoms with Crippen molar-refractivity contribution in [3.05, 3.63) is 35.8 Å². The molecule has 2 heterocycles. The summed E-state index contributed by atoms with van der Waals surface area (Å²) in [6.45, 7) is 2.70. The van der Waals surface area contributed by atoms with Crippen LogP contribution in [-0.2, 0) is 17.8 Å². The molecule has 1 aromatic carbocycles. The largest absolute Gasteiger partial charge is 0.361 e. The highest BCUT2D eigenvalue weighted by Crippen LogP contribution is 2.25. The van der Waals surface area contributed by atoms with Crippen molar-refractivity contribution in [1.29, 1.82) is 0 Å². The first kappa shape index (κ1) is 16.2. The zero-order valence-electron chi connectivity index (χ0n) is 14.1. The fourth-order valence-corrected chi connectivity index (χ4v) is 2.51. The minimum atomic E-state index is -0.124. The Morgan fingerprint density at radius 2 is 2.21 bits per heavy atom. The number of nitrogens with one attached hydrogen (secondary N) is 2. The number of benzene rings is 1. The monoisotopic (exact) mass is 327 g/mol. The van der Waals surface area contributed by atoms with Crippen LogP contribution < -0.4 is 5.32 Å². The molecule has 3 rings (SSSR count).